The number of thiazole rings is 2. The number of benzene rings is 2. The SMILES string of the molecule is CCn1c(=NN=c2n(CC)c3ccccc3[s+]2S(=O)(=O)[O-])[s+](S(=O)(=O)[O-])c2ccccc21. The molecule has 10 nitrogen and oxygen atoms in total. The second-order valence-electron chi connectivity index (χ2n) is 6.54. The van der Waals surface area contributed by atoms with Crippen molar-refractivity contribution in [1.82, 2.24) is 9.13 Å². The van der Waals surface area contributed by atoms with E-state index >= 15 is 0 Å². The Hall–Kier alpha value is -2.36. The van der Waals surface area contributed by atoms with Crippen LogP contribution in [0, 0.1) is 0 Å². The maximum absolute atomic E-state index is 12.1. The normalized spacial score (nSPS) is 15.2. The summed E-state index contributed by atoms with van der Waals surface area (Å²) in [6, 6.07) is 13.1. The van der Waals surface area contributed by atoms with Crippen molar-refractivity contribution < 1.29 is 25.9 Å². The Morgan fingerprint density at radius 3 is 1.38 bits per heavy atom. The molecule has 0 bridgehead atoms. The average molecular weight is 515 g/mol. The van der Waals surface area contributed by atoms with Crippen molar-refractivity contribution in [3.63, 3.8) is 0 Å². The number of fused-ring (bicyclic) bond motifs is 2. The molecule has 0 aliphatic rings. The van der Waals surface area contributed by atoms with Gasteiger partial charge < -0.3 is 9.11 Å². The topological polar surface area (TPSA) is 149 Å². The fourth-order valence-corrected chi connectivity index (χ4v) is 11.0. The number of para-hydroxylation sites is 2. The first kappa shape index (κ1) is 22.8. The molecular formula is C18H18N4O6S4. The van der Waals surface area contributed by atoms with Crippen LogP contribution in [-0.4, -0.2) is 35.1 Å². The van der Waals surface area contributed by atoms with Crippen LogP contribution in [-0.2, 0) is 31.4 Å². The lowest BCUT2D eigenvalue weighted by molar-refractivity contribution is 0.479. The molecule has 0 aliphatic heterocycles. The molecule has 4 rings (SSSR count). The van der Waals surface area contributed by atoms with Crippen LogP contribution < -0.4 is 9.60 Å². The first-order valence-electron chi connectivity index (χ1n) is 9.39. The molecule has 2 atom stereocenters. The molecule has 4 aromatic rings. The minimum absolute atomic E-state index is 0.102. The highest BCUT2D eigenvalue weighted by Crippen LogP contribution is 2.32. The minimum atomic E-state index is -4.82. The van der Waals surface area contributed by atoms with Crippen LogP contribution >= 0.6 is 19.0 Å². The fraction of sp³-hybridized carbons (Fsp3) is 0.222. The largest absolute Gasteiger partial charge is 0.703 e. The van der Waals surface area contributed by atoms with Crippen molar-refractivity contribution in [3.05, 3.63) is 58.1 Å². The van der Waals surface area contributed by atoms with Gasteiger partial charge in [0, 0.05) is 25.2 Å². The molecule has 2 unspecified atom stereocenters. The molecule has 0 radical (unpaired) electrons. The highest BCUT2D eigenvalue weighted by atomic mass is 33.2. The number of aryl methyl sites for hydroxylation is 2. The third-order valence-electron chi connectivity index (χ3n) is 4.77. The van der Waals surface area contributed by atoms with E-state index in [4.69, 9.17) is 0 Å². The van der Waals surface area contributed by atoms with Gasteiger partial charge in [-0.15, -0.1) is 0 Å². The van der Waals surface area contributed by atoms with Gasteiger partial charge in [-0.25, -0.2) is 0 Å². The monoisotopic (exact) mass is 514 g/mol. The Bertz CT molecular complexity index is 1580. The molecule has 170 valence electrons. The second-order valence-corrected chi connectivity index (χ2v) is 15.3. The quantitative estimate of drug-likeness (QED) is 0.172. The van der Waals surface area contributed by atoms with E-state index in [0.717, 1.165) is 0 Å². The maximum Gasteiger partial charge on any atom is 0.383 e. The van der Waals surface area contributed by atoms with E-state index < -0.39 is 37.3 Å². The van der Waals surface area contributed by atoms with Crippen molar-refractivity contribution in [1.29, 1.82) is 0 Å². The lowest BCUT2D eigenvalue weighted by Crippen LogP contribution is -2.20. The van der Waals surface area contributed by atoms with E-state index in [1.807, 2.05) is 0 Å². The molecule has 2 aromatic heterocycles. The van der Waals surface area contributed by atoms with Crippen LogP contribution in [0.3, 0.4) is 0 Å². The number of rotatable bonds is 5. The summed E-state index contributed by atoms with van der Waals surface area (Å²) in [6.45, 7) is 4.15. The van der Waals surface area contributed by atoms with Gasteiger partial charge in [-0.3, -0.25) is 9.13 Å². The van der Waals surface area contributed by atoms with Crippen LogP contribution in [0.1, 0.15) is 13.8 Å². The van der Waals surface area contributed by atoms with E-state index in [2.05, 4.69) is 10.2 Å². The first-order chi connectivity index (χ1) is 15.1. The lowest BCUT2D eigenvalue weighted by atomic mass is 10.3. The predicted octanol–water partition coefficient (Wildman–Crippen LogP) is 2.17. The van der Waals surface area contributed by atoms with E-state index in [1.54, 1.807) is 71.5 Å². The number of aromatic nitrogens is 2. The Balaban J connectivity index is 2.23. The minimum Gasteiger partial charge on any atom is -0.703 e. The van der Waals surface area contributed by atoms with E-state index in [9.17, 15) is 25.9 Å². The molecule has 0 fully saturated rings. The predicted molar refractivity (Wildman–Crippen MR) is 121 cm³/mol. The summed E-state index contributed by atoms with van der Waals surface area (Å²) in [5.41, 5.74) is 1.04. The zero-order valence-corrected chi connectivity index (χ0v) is 20.2. The third kappa shape index (κ3) is 3.72. The Labute approximate surface area is 187 Å². The van der Waals surface area contributed by atoms with Gasteiger partial charge in [0.05, 0.1) is 0 Å². The summed E-state index contributed by atoms with van der Waals surface area (Å²) in [7, 11) is -13.5. The van der Waals surface area contributed by atoms with E-state index in [0.29, 0.717) is 33.5 Å². The van der Waals surface area contributed by atoms with Crippen LogP contribution in [0.15, 0.2) is 58.7 Å². The summed E-state index contributed by atoms with van der Waals surface area (Å²) in [5, 5.41) is 8.18. The Morgan fingerprint density at radius 1 is 0.719 bits per heavy atom. The summed E-state index contributed by atoms with van der Waals surface area (Å²) >= 11 is 0. The van der Waals surface area contributed by atoms with Crippen LogP contribution in [0.4, 0.5) is 0 Å². The van der Waals surface area contributed by atoms with E-state index in [1.165, 1.54) is 0 Å². The molecule has 0 saturated heterocycles. The molecule has 2 heterocycles. The van der Waals surface area contributed by atoms with Gasteiger partial charge in [-0.1, -0.05) is 34.5 Å². The molecule has 2 aromatic carbocycles. The standard InChI is InChI=1S/C18H18N4O6S4/c1-3-21-13-9-5-7-11-15(13)29(31(23,24)25)17(21)19-20-18-22(4-2)14-10-6-8-12-16(14)30(18)32(26,27)28/h5-12H,3-4H2,1-2H3. The van der Waals surface area contributed by atoms with Crippen molar-refractivity contribution in [2.75, 3.05) is 0 Å². The molecular weight excluding hydrogens is 496 g/mol. The van der Waals surface area contributed by atoms with Gasteiger partial charge in [-0.2, -0.15) is 16.8 Å². The number of hydrogen-bond donors (Lipinski definition) is 0. The van der Waals surface area contributed by atoms with Gasteiger partial charge >= 0.3 is 9.60 Å². The molecule has 14 heteroatoms. The average Bonchev–Trinajstić information content (AvgIpc) is 3.23. The molecule has 32 heavy (non-hydrogen) atoms. The third-order valence-corrected chi connectivity index (χ3v) is 12.8. The first-order valence-corrected chi connectivity index (χ1v) is 15.7. The highest BCUT2D eigenvalue weighted by Gasteiger charge is 2.30. The highest BCUT2D eigenvalue weighted by molar-refractivity contribution is 8.37. The Morgan fingerprint density at radius 2 is 1.06 bits per heavy atom. The Kier molecular flexibility index (Phi) is 5.85. The van der Waals surface area contributed by atoms with Crippen molar-refractivity contribution in [2.45, 2.75) is 26.9 Å². The van der Waals surface area contributed by atoms with E-state index in [-0.39, 0.29) is 9.60 Å². The van der Waals surface area contributed by atoms with Crippen LogP contribution in [0.25, 0.3) is 20.4 Å². The van der Waals surface area contributed by atoms with Gasteiger partial charge in [-0.05, 0) is 26.0 Å². The molecule has 0 N–H and O–H groups in total. The zero-order chi connectivity index (χ0) is 23.3. The maximum atomic E-state index is 12.1. The second kappa shape index (κ2) is 8.20. The van der Waals surface area contributed by atoms with Crippen LogP contribution in [0.5, 0.6) is 0 Å². The van der Waals surface area contributed by atoms with Crippen molar-refractivity contribution in [3.8, 4) is 0 Å². The zero-order valence-electron chi connectivity index (χ0n) is 16.9. The van der Waals surface area contributed by atoms with Gasteiger partial charge in [0.2, 0.25) is 9.40 Å². The van der Waals surface area contributed by atoms with Crippen LogP contribution in [0.2, 0.25) is 0 Å². The lowest BCUT2D eigenvalue weighted by Gasteiger charge is -1.96. The summed E-state index contributed by atoms with van der Waals surface area (Å²) in [4.78, 5) is -0.204. The molecule has 0 spiro atoms. The summed E-state index contributed by atoms with van der Waals surface area (Å²) < 4.78 is 76.5. The fourth-order valence-electron chi connectivity index (χ4n) is 3.56. The van der Waals surface area contributed by atoms with Gasteiger partial charge in [0.1, 0.15) is 30.0 Å². The number of nitrogens with zero attached hydrogens (tertiary/aromatic N) is 4. The molecule has 0 saturated carbocycles. The molecule has 0 aliphatic carbocycles. The van der Waals surface area contributed by atoms with Gasteiger partial charge in [0.15, 0.2) is 0 Å². The van der Waals surface area contributed by atoms with Crippen molar-refractivity contribution >= 4 is 57.7 Å². The smallest absolute Gasteiger partial charge is 0.383 e. The summed E-state index contributed by atoms with van der Waals surface area (Å²) in [5.74, 6) is 0. The van der Waals surface area contributed by atoms with Crippen molar-refractivity contribution in [2.24, 2.45) is 10.2 Å². The molecule has 0 amide bonds. The number of hydrogen-bond acceptors (Lipinski definition) is 8. The van der Waals surface area contributed by atoms with Gasteiger partial charge in [0.25, 0.3) is 18.3 Å². The summed E-state index contributed by atoms with van der Waals surface area (Å²) in [6.07, 6.45) is 0.